The van der Waals surface area contributed by atoms with Crippen LogP contribution in [0.5, 0.6) is 0 Å². The molecule has 1 saturated heterocycles. The van der Waals surface area contributed by atoms with Gasteiger partial charge < -0.3 is 16.0 Å². The molecule has 0 aliphatic carbocycles. The SMILES string of the molecule is CCN1CCCC(NC(=O)CCc2ccccc2N)C1. The first kappa shape index (κ1) is 14.9. The first-order chi connectivity index (χ1) is 9.69. The van der Waals surface area contributed by atoms with Gasteiger partial charge in [-0.05, 0) is 44.0 Å². The Kier molecular flexibility index (Phi) is 5.41. The highest BCUT2D eigenvalue weighted by Crippen LogP contribution is 2.13. The second-order valence-electron chi connectivity index (χ2n) is 5.50. The number of hydrogen-bond donors (Lipinski definition) is 2. The minimum Gasteiger partial charge on any atom is -0.399 e. The van der Waals surface area contributed by atoms with Crippen LogP contribution in [-0.4, -0.2) is 36.5 Å². The third kappa shape index (κ3) is 4.23. The quantitative estimate of drug-likeness (QED) is 0.806. The van der Waals surface area contributed by atoms with Crippen LogP contribution in [0.1, 0.15) is 31.7 Å². The lowest BCUT2D eigenvalue weighted by molar-refractivity contribution is -0.122. The molecular weight excluding hydrogens is 250 g/mol. The number of amides is 1. The largest absolute Gasteiger partial charge is 0.399 e. The zero-order valence-electron chi connectivity index (χ0n) is 12.3. The smallest absolute Gasteiger partial charge is 0.220 e. The Hall–Kier alpha value is -1.55. The number of anilines is 1. The Bertz CT molecular complexity index is 447. The van der Waals surface area contributed by atoms with E-state index in [9.17, 15) is 4.79 Å². The number of hydrogen-bond acceptors (Lipinski definition) is 3. The van der Waals surface area contributed by atoms with Gasteiger partial charge >= 0.3 is 0 Å². The number of nitrogen functional groups attached to an aromatic ring is 1. The fraction of sp³-hybridized carbons (Fsp3) is 0.562. The zero-order valence-corrected chi connectivity index (χ0v) is 12.3. The maximum Gasteiger partial charge on any atom is 0.220 e. The Morgan fingerprint density at radius 3 is 3.00 bits per heavy atom. The molecule has 0 bridgehead atoms. The average Bonchev–Trinajstić information content (AvgIpc) is 2.46. The number of nitrogens with one attached hydrogen (secondary N) is 1. The lowest BCUT2D eigenvalue weighted by Gasteiger charge is -2.32. The van der Waals surface area contributed by atoms with Crippen molar-refractivity contribution in [3.8, 4) is 0 Å². The fourth-order valence-electron chi connectivity index (χ4n) is 2.77. The first-order valence-corrected chi connectivity index (χ1v) is 7.54. The lowest BCUT2D eigenvalue weighted by atomic mass is 10.0. The summed E-state index contributed by atoms with van der Waals surface area (Å²) in [6.07, 6.45) is 3.49. The van der Waals surface area contributed by atoms with E-state index in [1.54, 1.807) is 0 Å². The van der Waals surface area contributed by atoms with Crippen molar-refractivity contribution in [2.45, 2.75) is 38.6 Å². The van der Waals surface area contributed by atoms with Gasteiger partial charge in [-0.1, -0.05) is 25.1 Å². The summed E-state index contributed by atoms with van der Waals surface area (Å²) in [5, 5.41) is 3.15. The summed E-state index contributed by atoms with van der Waals surface area (Å²) in [7, 11) is 0. The lowest BCUT2D eigenvalue weighted by Crippen LogP contribution is -2.47. The van der Waals surface area contributed by atoms with Crippen LogP contribution in [0.15, 0.2) is 24.3 Å². The second-order valence-corrected chi connectivity index (χ2v) is 5.50. The zero-order chi connectivity index (χ0) is 14.4. The van der Waals surface area contributed by atoms with E-state index >= 15 is 0 Å². The monoisotopic (exact) mass is 275 g/mol. The van der Waals surface area contributed by atoms with Crippen molar-refractivity contribution >= 4 is 11.6 Å². The molecule has 2 rings (SSSR count). The Morgan fingerprint density at radius 1 is 1.45 bits per heavy atom. The van der Waals surface area contributed by atoms with Gasteiger partial charge in [0.25, 0.3) is 0 Å². The Balaban J connectivity index is 1.77. The predicted octanol–water partition coefficient (Wildman–Crippen LogP) is 1.80. The Labute approximate surface area is 121 Å². The van der Waals surface area contributed by atoms with Crippen LogP contribution in [0, 0.1) is 0 Å². The van der Waals surface area contributed by atoms with Gasteiger partial charge in [-0.15, -0.1) is 0 Å². The van der Waals surface area contributed by atoms with E-state index in [4.69, 9.17) is 5.73 Å². The molecule has 1 aromatic rings. The van der Waals surface area contributed by atoms with Crippen LogP contribution in [0.25, 0.3) is 0 Å². The molecule has 1 amide bonds. The van der Waals surface area contributed by atoms with Crippen LogP contribution in [0.3, 0.4) is 0 Å². The molecule has 4 nitrogen and oxygen atoms in total. The predicted molar refractivity (Wildman–Crippen MR) is 82.5 cm³/mol. The number of likely N-dealkylation sites (N-methyl/N-ethyl adjacent to an activating group) is 1. The number of aryl methyl sites for hydroxylation is 1. The summed E-state index contributed by atoms with van der Waals surface area (Å²) < 4.78 is 0. The van der Waals surface area contributed by atoms with E-state index in [1.807, 2.05) is 24.3 Å². The van der Waals surface area contributed by atoms with Crippen molar-refractivity contribution in [2.24, 2.45) is 0 Å². The standard InChI is InChI=1S/C16H25N3O/c1-2-19-11-5-7-14(12-19)18-16(20)10-9-13-6-3-4-8-15(13)17/h3-4,6,8,14H,2,5,7,9-12,17H2,1H3,(H,18,20). The number of nitrogens with two attached hydrogens (primary N) is 1. The molecule has 1 aliphatic rings. The minimum atomic E-state index is 0.135. The third-order valence-corrected chi connectivity index (χ3v) is 3.99. The summed E-state index contributed by atoms with van der Waals surface area (Å²) in [4.78, 5) is 14.4. The summed E-state index contributed by atoms with van der Waals surface area (Å²) in [5.41, 5.74) is 7.72. The van der Waals surface area contributed by atoms with Gasteiger partial charge in [0.15, 0.2) is 0 Å². The molecule has 1 fully saturated rings. The van der Waals surface area contributed by atoms with Crippen LogP contribution < -0.4 is 11.1 Å². The maximum atomic E-state index is 12.0. The fourth-order valence-corrected chi connectivity index (χ4v) is 2.77. The van der Waals surface area contributed by atoms with Crippen LogP contribution in [0.2, 0.25) is 0 Å². The van der Waals surface area contributed by atoms with Gasteiger partial charge in [0.2, 0.25) is 5.91 Å². The summed E-state index contributed by atoms with van der Waals surface area (Å²) >= 11 is 0. The molecule has 1 aromatic carbocycles. The van der Waals surface area contributed by atoms with E-state index in [1.165, 1.54) is 6.42 Å². The second kappa shape index (κ2) is 7.29. The highest BCUT2D eigenvalue weighted by molar-refractivity contribution is 5.76. The van der Waals surface area contributed by atoms with Gasteiger partial charge in [0, 0.05) is 24.7 Å². The van der Waals surface area contributed by atoms with Crippen molar-refractivity contribution in [1.82, 2.24) is 10.2 Å². The van der Waals surface area contributed by atoms with Crippen LogP contribution in [0.4, 0.5) is 5.69 Å². The summed E-state index contributed by atoms with van der Waals surface area (Å²) in [6, 6.07) is 8.06. The van der Waals surface area contributed by atoms with Gasteiger partial charge in [0.1, 0.15) is 0 Å². The number of piperidine rings is 1. The van der Waals surface area contributed by atoms with Crippen LogP contribution in [-0.2, 0) is 11.2 Å². The van der Waals surface area contributed by atoms with E-state index in [2.05, 4.69) is 17.1 Å². The van der Waals surface area contributed by atoms with Crippen molar-refractivity contribution in [1.29, 1.82) is 0 Å². The number of carbonyl (C=O) groups excluding carboxylic acids is 1. The maximum absolute atomic E-state index is 12.0. The Morgan fingerprint density at radius 2 is 2.25 bits per heavy atom. The number of likely N-dealkylation sites (tertiary alicyclic amines) is 1. The molecule has 0 aromatic heterocycles. The minimum absolute atomic E-state index is 0.135. The number of para-hydroxylation sites is 1. The summed E-state index contributed by atoms with van der Waals surface area (Å²) in [6.45, 7) is 5.37. The molecule has 110 valence electrons. The van der Waals surface area contributed by atoms with Crippen molar-refractivity contribution in [3.63, 3.8) is 0 Å². The molecular formula is C16H25N3O. The van der Waals surface area contributed by atoms with Crippen molar-refractivity contribution < 1.29 is 4.79 Å². The number of benzene rings is 1. The van der Waals surface area contributed by atoms with Crippen molar-refractivity contribution in [3.05, 3.63) is 29.8 Å². The van der Waals surface area contributed by atoms with E-state index in [0.29, 0.717) is 18.9 Å². The van der Waals surface area contributed by atoms with Crippen molar-refractivity contribution in [2.75, 3.05) is 25.4 Å². The number of nitrogens with zero attached hydrogens (tertiary/aromatic N) is 1. The summed E-state index contributed by atoms with van der Waals surface area (Å²) in [5.74, 6) is 0.135. The van der Waals surface area contributed by atoms with Gasteiger partial charge in [-0.25, -0.2) is 0 Å². The molecule has 3 N–H and O–H groups in total. The highest BCUT2D eigenvalue weighted by atomic mass is 16.1. The molecule has 4 heteroatoms. The van der Waals surface area contributed by atoms with E-state index in [-0.39, 0.29) is 5.91 Å². The highest BCUT2D eigenvalue weighted by Gasteiger charge is 2.20. The van der Waals surface area contributed by atoms with Gasteiger partial charge in [-0.3, -0.25) is 4.79 Å². The number of carbonyl (C=O) groups is 1. The molecule has 0 saturated carbocycles. The molecule has 1 heterocycles. The van der Waals surface area contributed by atoms with E-state index < -0.39 is 0 Å². The average molecular weight is 275 g/mol. The molecule has 0 radical (unpaired) electrons. The van der Waals surface area contributed by atoms with E-state index in [0.717, 1.165) is 37.3 Å². The van der Waals surface area contributed by atoms with Gasteiger partial charge in [0.05, 0.1) is 0 Å². The normalized spacial score (nSPS) is 19.8. The molecule has 1 aliphatic heterocycles. The topological polar surface area (TPSA) is 58.4 Å². The molecule has 0 spiro atoms. The van der Waals surface area contributed by atoms with Crippen LogP contribution >= 0.6 is 0 Å². The molecule has 20 heavy (non-hydrogen) atoms. The molecule has 1 atom stereocenters. The molecule has 1 unspecified atom stereocenters. The number of rotatable bonds is 5. The third-order valence-electron chi connectivity index (χ3n) is 3.99. The van der Waals surface area contributed by atoms with Gasteiger partial charge in [-0.2, -0.15) is 0 Å². The first-order valence-electron chi connectivity index (χ1n) is 7.54.